The van der Waals surface area contributed by atoms with E-state index in [2.05, 4.69) is 30.7 Å². The molecule has 2 aliphatic rings. The van der Waals surface area contributed by atoms with E-state index >= 15 is 0 Å². The molecule has 1 aromatic carbocycles. The number of benzene rings is 1. The van der Waals surface area contributed by atoms with Crippen molar-refractivity contribution in [2.45, 2.75) is 98.5 Å². The molecule has 4 heterocycles. The van der Waals surface area contributed by atoms with Gasteiger partial charge in [0.05, 0.1) is 23.1 Å². The van der Waals surface area contributed by atoms with Gasteiger partial charge in [0.1, 0.15) is 29.8 Å². The van der Waals surface area contributed by atoms with Crippen LogP contribution in [-0.2, 0) is 33.5 Å². The lowest BCUT2D eigenvalue weighted by molar-refractivity contribution is -0.141. The average molecular weight is 759 g/mol. The van der Waals surface area contributed by atoms with Crippen LogP contribution in [0.2, 0.25) is 0 Å². The number of fused-ring (bicyclic) bond motifs is 2. The maximum Gasteiger partial charge on any atom is 0.433 e. The molecule has 3 amide bonds. The van der Waals surface area contributed by atoms with Crippen molar-refractivity contribution in [1.29, 1.82) is 0 Å². The Hall–Kier alpha value is -5.47. The number of aryl methyl sites for hydroxylation is 3. The van der Waals surface area contributed by atoms with Crippen LogP contribution in [0, 0.1) is 25.2 Å². The molecule has 2 N–H and O–H groups in total. The summed E-state index contributed by atoms with van der Waals surface area (Å²) in [5.41, 5.74) is 2.21. The number of halogens is 3. The van der Waals surface area contributed by atoms with Crippen molar-refractivity contribution < 1.29 is 32.3 Å². The van der Waals surface area contributed by atoms with Crippen LogP contribution >= 0.6 is 0 Å². The van der Waals surface area contributed by atoms with Gasteiger partial charge in [0.15, 0.2) is 5.78 Å². The van der Waals surface area contributed by atoms with Crippen LogP contribution < -0.4 is 10.6 Å². The molecule has 12 nitrogen and oxygen atoms in total. The van der Waals surface area contributed by atoms with Gasteiger partial charge in [-0.15, -0.1) is 0 Å². The van der Waals surface area contributed by atoms with Crippen molar-refractivity contribution in [2.24, 2.45) is 11.3 Å². The fourth-order valence-electron chi connectivity index (χ4n) is 7.89. The SMILES string of the molecule is C/C=C/CCCC(=O)NC[C@@]12C[C@@H](C(=O)Nc3nc(C(F)(F)F)ccc3C)N(C(=O)Cn3nc(C(C)=O)c4cc(-c5cnc(C)cn5)cc(CC)c43)C1[C@@H]2C. The number of carbonyl (C=O) groups is 4. The van der Waals surface area contributed by atoms with Gasteiger partial charge in [-0.2, -0.15) is 18.3 Å². The fourth-order valence-corrected chi connectivity index (χ4v) is 7.89. The fraction of sp³-hybridized carbons (Fsp3) is 0.450. The zero-order valence-electron chi connectivity index (χ0n) is 31.8. The Kier molecular flexibility index (Phi) is 10.9. The summed E-state index contributed by atoms with van der Waals surface area (Å²) in [5.74, 6) is -1.94. The number of aromatic nitrogens is 5. The lowest BCUT2D eigenvalue weighted by Gasteiger charge is -2.28. The van der Waals surface area contributed by atoms with E-state index in [1.165, 1.54) is 29.5 Å². The predicted molar refractivity (Wildman–Crippen MR) is 200 cm³/mol. The van der Waals surface area contributed by atoms with Crippen LogP contribution in [0.4, 0.5) is 19.0 Å². The minimum atomic E-state index is -4.73. The van der Waals surface area contributed by atoms with Gasteiger partial charge < -0.3 is 15.5 Å². The van der Waals surface area contributed by atoms with Crippen molar-refractivity contribution in [3.63, 3.8) is 0 Å². The van der Waals surface area contributed by atoms with Crippen LogP contribution in [0.5, 0.6) is 0 Å². The second-order valence-electron chi connectivity index (χ2n) is 14.6. The summed E-state index contributed by atoms with van der Waals surface area (Å²) in [4.78, 5) is 68.4. The molecule has 6 rings (SSSR count). The number of pyridine rings is 1. The van der Waals surface area contributed by atoms with E-state index in [0.717, 1.165) is 29.3 Å². The van der Waals surface area contributed by atoms with Gasteiger partial charge in [-0.05, 0) is 81.7 Å². The van der Waals surface area contributed by atoms with E-state index < -0.39 is 41.2 Å². The van der Waals surface area contributed by atoms with Gasteiger partial charge in [-0.3, -0.25) is 33.8 Å². The van der Waals surface area contributed by atoms with Crippen LogP contribution in [0.15, 0.2) is 48.8 Å². The number of nitrogens with zero attached hydrogens (tertiary/aromatic N) is 6. The normalized spacial score (nSPS) is 20.5. The average Bonchev–Trinajstić information content (AvgIpc) is 3.40. The number of carbonyl (C=O) groups excluding carboxylic acids is 4. The summed E-state index contributed by atoms with van der Waals surface area (Å²) in [6.07, 6.45) is 4.94. The lowest BCUT2D eigenvalue weighted by atomic mass is 9.95. The van der Waals surface area contributed by atoms with E-state index in [1.54, 1.807) is 12.4 Å². The maximum absolute atomic E-state index is 14.6. The molecule has 4 aromatic rings. The van der Waals surface area contributed by atoms with Gasteiger partial charge in [0, 0.05) is 48.5 Å². The Balaban J connectivity index is 1.33. The Morgan fingerprint density at radius 3 is 2.51 bits per heavy atom. The van der Waals surface area contributed by atoms with Crippen molar-refractivity contribution in [3.8, 4) is 11.3 Å². The van der Waals surface area contributed by atoms with Gasteiger partial charge in [0.2, 0.25) is 17.7 Å². The summed E-state index contributed by atoms with van der Waals surface area (Å²) in [6, 6.07) is 4.29. The standard InChI is InChI=1S/C40H45F3N8O4/c1-7-9-10-11-12-32(53)46-21-39-17-30(38(55)48-37-22(3)13-14-31(47-37)40(41,42)43)51(36(39)24(39)5)33(54)20-50-35-26(8-2)15-27(29-19-44-23(4)18-45-29)16-28(35)34(49-50)25(6)52/h7,9,13-16,18-19,24,30,36H,8,10-12,17,20-21H2,1-6H3,(H,46,53)(H,47,48,55)/b9-7+/t24-,30-,36?,39+/m0/s1. The number of likely N-dealkylation sites (tertiary alicyclic amines) is 1. The van der Waals surface area contributed by atoms with Crippen LogP contribution in [-0.4, -0.2) is 71.8 Å². The molecule has 290 valence electrons. The number of hydrogen-bond acceptors (Lipinski definition) is 8. The lowest BCUT2D eigenvalue weighted by Crippen LogP contribution is -2.47. The van der Waals surface area contributed by atoms with Crippen LogP contribution in [0.1, 0.15) is 86.4 Å². The smallest absolute Gasteiger partial charge is 0.355 e. The molecule has 1 saturated heterocycles. The molecule has 15 heteroatoms. The van der Waals surface area contributed by atoms with E-state index in [1.807, 2.05) is 52.0 Å². The molecule has 1 unspecified atom stereocenters. The number of hydrogen-bond donors (Lipinski definition) is 2. The predicted octanol–water partition coefficient (Wildman–Crippen LogP) is 6.40. The third-order valence-corrected chi connectivity index (χ3v) is 10.9. The number of allylic oxidation sites excluding steroid dienone is 2. The number of alkyl halides is 3. The molecule has 4 atom stereocenters. The van der Waals surface area contributed by atoms with E-state index in [-0.39, 0.29) is 48.6 Å². The topological polar surface area (TPSA) is 152 Å². The molecular weight excluding hydrogens is 713 g/mol. The molecule has 1 saturated carbocycles. The zero-order chi connectivity index (χ0) is 39.8. The quantitative estimate of drug-likeness (QED) is 0.0904. The monoisotopic (exact) mass is 758 g/mol. The van der Waals surface area contributed by atoms with Crippen molar-refractivity contribution in [1.82, 2.24) is 34.9 Å². The second-order valence-corrected chi connectivity index (χ2v) is 14.6. The third kappa shape index (κ3) is 7.74. The first-order valence-corrected chi connectivity index (χ1v) is 18.5. The Labute approximate surface area is 317 Å². The van der Waals surface area contributed by atoms with Crippen LogP contribution in [0.3, 0.4) is 0 Å². The maximum atomic E-state index is 14.6. The first-order chi connectivity index (χ1) is 26.1. The molecule has 1 aliphatic carbocycles. The minimum absolute atomic E-state index is 0.0937. The van der Waals surface area contributed by atoms with Crippen molar-refractivity contribution in [3.05, 3.63) is 77.0 Å². The largest absolute Gasteiger partial charge is 0.433 e. The Morgan fingerprint density at radius 2 is 1.85 bits per heavy atom. The molecule has 3 aromatic heterocycles. The molecule has 2 fully saturated rings. The first-order valence-electron chi connectivity index (χ1n) is 18.5. The zero-order valence-corrected chi connectivity index (χ0v) is 31.8. The summed E-state index contributed by atoms with van der Waals surface area (Å²) >= 11 is 0. The number of unbranched alkanes of at least 4 members (excludes halogenated alkanes) is 1. The number of ketones is 1. The molecule has 1 aliphatic heterocycles. The highest BCUT2D eigenvalue weighted by atomic mass is 19.4. The molecular formula is C40H45F3N8O4. The number of piperidine rings is 1. The van der Waals surface area contributed by atoms with E-state index in [0.29, 0.717) is 41.4 Å². The van der Waals surface area contributed by atoms with Crippen molar-refractivity contribution >= 4 is 40.2 Å². The summed E-state index contributed by atoms with van der Waals surface area (Å²) in [7, 11) is 0. The molecule has 55 heavy (non-hydrogen) atoms. The summed E-state index contributed by atoms with van der Waals surface area (Å²) in [5, 5.41) is 10.7. The highest BCUT2D eigenvalue weighted by Gasteiger charge is 2.72. The molecule has 0 spiro atoms. The van der Waals surface area contributed by atoms with E-state index in [4.69, 9.17) is 0 Å². The third-order valence-electron chi connectivity index (χ3n) is 10.9. The summed E-state index contributed by atoms with van der Waals surface area (Å²) < 4.78 is 42.2. The number of Topliss-reactive ketones (excluding diaryl/α,β-unsaturated/α-hetero) is 1. The van der Waals surface area contributed by atoms with Crippen molar-refractivity contribution in [2.75, 3.05) is 11.9 Å². The first kappa shape index (κ1) is 39.2. The Morgan fingerprint density at radius 1 is 1.09 bits per heavy atom. The molecule has 0 radical (unpaired) electrons. The number of nitrogens with one attached hydrogen (secondary N) is 2. The van der Waals surface area contributed by atoms with Gasteiger partial charge >= 0.3 is 6.18 Å². The number of amides is 3. The Bertz CT molecular complexity index is 2180. The van der Waals surface area contributed by atoms with Gasteiger partial charge in [-0.25, -0.2) is 4.98 Å². The number of anilines is 1. The molecule has 0 bridgehead atoms. The minimum Gasteiger partial charge on any atom is -0.355 e. The van der Waals surface area contributed by atoms with Gasteiger partial charge in [-0.1, -0.05) is 32.1 Å². The number of rotatable bonds is 13. The van der Waals surface area contributed by atoms with Crippen LogP contribution in [0.25, 0.3) is 22.2 Å². The highest BCUT2D eigenvalue weighted by Crippen LogP contribution is 2.64. The van der Waals surface area contributed by atoms with Gasteiger partial charge in [0.25, 0.3) is 0 Å². The van der Waals surface area contributed by atoms with E-state index in [9.17, 15) is 32.3 Å². The highest BCUT2D eigenvalue weighted by molar-refractivity contribution is 6.07. The summed E-state index contributed by atoms with van der Waals surface area (Å²) in [6.45, 7) is 10.5. The second kappa shape index (κ2) is 15.3.